The first-order valence-electron chi connectivity index (χ1n) is 20.2. The van der Waals surface area contributed by atoms with Crippen LogP contribution in [-0.4, -0.2) is 0 Å². The van der Waals surface area contributed by atoms with E-state index in [-0.39, 0.29) is 5.92 Å². The van der Waals surface area contributed by atoms with Crippen molar-refractivity contribution in [1.29, 1.82) is 0 Å². The van der Waals surface area contributed by atoms with Crippen LogP contribution < -0.4 is 15.3 Å². The van der Waals surface area contributed by atoms with Gasteiger partial charge in [0.05, 0.1) is 0 Å². The maximum atomic E-state index is 2.46. The van der Waals surface area contributed by atoms with E-state index in [1.54, 1.807) is 0 Å². The molecular weight excluding hydrogens is 687 g/mol. The van der Waals surface area contributed by atoms with Crippen molar-refractivity contribution in [2.45, 2.75) is 18.8 Å². The summed E-state index contributed by atoms with van der Waals surface area (Å²) in [6.07, 6.45) is 20.6. The Morgan fingerprint density at radius 2 is 1.04 bits per heavy atom. The zero-order valence-corrected chi connectivity index (χ0v) is 31.9. The Morgan fingerprint density at radius 3 is 1.72 bits per heavy atom. The fourth-order valence-electron chi connectivity index (χ4n) is 8.82. The van der Waals surface area contributed by atoms with E-state index in [9.17, 15) is 0 Å². The molecule has 0 aromatic heterocycles. The summed E-state index contributed by atoms with van der Waals surface area (Å²) in [5.41, 5.74) is 16.0. The number of hydrogen-bond acceptors (Lipinski definition) is 1. The quantitative estimate of drug-likeness (QED) is 0.151. The molecule has 10 rings (SSSR count). The third-order valence-corrected chi connectivity index (χ3v) is 11.7. The van der Waals surface area contributed by atoms with E-state index in [4.69, 9.17) is 0 Å². The van der Waals surface area contributed by atoms with Crippen LogP contribution in [0.25, 0.3) is 50.6 Å². The van der Waals surface area contributed by atoms with Crippen molar-refractivity contribution in [2.24, 2.45) is 5.92 Å². The van der Waals surface area contributed by atoms with Crippen molar-refractivity contribution < 1.29 is 0 Å². The second-order valence-electron chi connectivity index (χ2n) is 15.2. The molecule has 3 aliphatic rings. The van der Waals surface area contributed by atoms with Gasteiger partial charge in [0.2, 0.25) is 0 Å². The summed E-state index contributed by atoms with van der Waals surface area (Å²) in [7, 11) is 0. The van der Waals surface area contributed by atoms with Crippen molar-refractivity contribution in [3.05, 3.63) is 240 Å². The smallest absolute Gasteiger partial charge is 0.0462 e. The molecular formula is C56H43N. The molecule has 1 heteroatoms. The van der Waals surface area contributed by atoms with Gasteiger partial charge >= 0.3 is 0 Å². The molecule has 0 saturated carbocycles. The summed E-state index contributed by atoms with van der Waals surface area (Å²) >= 11 is 0. The minimum absolute atomic E-state index is 0.265. The minimum Gasteiger partial charge on any atom is -0.311 e. The molecule has 0 N–H and O–H groups in total. The van der Waals surface area contributed by atoms with Crippen LogP contribution in [0.5, 0.6) is 0 Å². The van der Waals surface area contributed by atoms with Gasteiger partial charge in [-0.1, -0.05) is 182 Å². The van der Waals surface area contributed by atoms with Crippen LogP contribution in [0.1, 0.15) is 29.9 Å². The fourth-order valence-corrected chi connectivity index (χ4v) is 8.82. The summed E-state index contributed by atoms with van der Waals surface area (Å²) in [6, 6.07) is 64.4. The predicted molar refractivity (Wildman–Crippen MR) is 242 cm³/mol. The minimum atomic E-state index is 0.265. The maximum Gasteiger partial charge on any atom is 0.0462 e. The molecule has 1 nitrogen and oxygen atoms in total. The highest BCUT2D eigenvalue weighted by Gasteiger charge is 2.26. The van der Waals surface area contributed by atoms with Crippen molar-refractivity contribution in [3.63, 3.8) is 0 Å². The zero-order valence-electron chi connectivity index (χ0n) is 31.9. The van der Waals surface area contributed by atoms with Gasteiger partial charge < -0.3 is 4.90 Å². The SMILES string of the molecule is C1=CC2=c3ccccc3=CC(c3ccc(N(c4ccc(-c5ccccc5)cc4)c4ccc(-c5ccc(-c6ccccc6)c(C6=CCCC=C6)c5)cc4)cc3)C2C=C1. The highest BCUT2D eigenvalue weighted by Crippen LogP contribution is 2.41. The average Bonchev–Trinajstić information content (AvgIpc) is 3.30. The van der Waals surface area contributed by atoms with Crippen molar-refractivity contribution >= 4 is 34.3 Å². The molecule has 0 saturated heterocycles. The number of fused-ring (bicyclic) bond motifs is 2. The molecule has 272 valence electrons. The largest absolute Gasteiger partial charge is 0.311 e. The Morgan fingerprint density at radius 1 is 0.439 bits per heavy atom. The molecule has 57 heavy (non-hydrogen) atoms. The van der Waals surface area contributed by atoms with E-state index in [1.165, 1.54) is 66.1 Å². The summed E-state index contributed by atoms with van der Waals surface area (Å²) in [5, 5.41) is 2.66. The highest BCUT2D eigenvalue weighted by molar-refractivity contribution is 5.89. The van der Waals surface area contributed by atoms with Crippen LogP contribution in [0.4, 0.5) is 17.1 Å². The maximum absolute atomic E-state index is 2.46. The van der Waals surface area contributed by atoms with Gasteiger partial charge in [-0.25, -0.2) is 0 Å². The second kappa shape index (κ2) is 15.3. The molecule has 0 bridgehead atoms. The molecule has 3 aliphatic carbocycles. The van der Waals surface area contributed by atoms with E-state index in [0.717, 1.165) is 29.9 Å². The van der Waals surface area contributed by atoms with Crippen LogP contribution in [0, 0.1) is 5.92 Å². The van der Waals surface area contributed by atoms with Gasteiger partial charge in [0.1, 0.15) is 0 Å². The lowest BCUT2D eigenvalue weighted by Crippen LogP contribution is -2.35. The van der Waals surface area contributed by atoms with Gasteiger partial charge in [0.15, 0.2) is 0 Å². The average molecular weight is 730 g/mol. The normalized spacial score (nSPS) is 16.6. The zero-order chi connectivity index (χ0) is 38.0. The number of rotatable bonds is 8. The van der Waals surface area contributed by atoms with E-state index < -0.39 is 0 Å². The lowest BCUT2D eigenvalue weighted by Gasteiger charge is -2.30. The van der Waals surface area contributed by atoms with E-state index in [2.05, 4.69) is 229 Å². The molecule has 0 aliphatic heterocycles. The molecule has 7 aromatic carbocycles. The number of nitrogens with zero attached hydrogens (tertiary/aromatic N) is 1. The van der Waals surface area contributed by atoms with E-state index >= 15 is 0 Å². The molecule has 2 atom stereocenters. The van der Waals surface area contributed by atoms with Crippen molar-refractivity contribution in [2.75, 3.05) is 4.90 Å². The Hall–Kier alpha value is -6.96. The molecule has 0 spiro atoms. The second-order valence-corrected chi connectivity index (χ2v) is 15.2. The number of allylic oxidation sites excluding steroid dienone is 8. The third-order valence-electron chi connectivity index (χ3n) is 11.7. The summed E-state index contributed by atoms with van der Waals surface area (Å²) in [5.74, 6) is 0.582. The van der Waals surface area contributed by atoms with Gasteiger partial charge in [-0.15, -0.1) is 0 Å². The lowest BCUT2D eigenvalue weighted by molar-refractivity contribution is 0.742. The Balaban J connectivity index is 1.02. The first kappa shape index (κ1) is 34.5. The van der Waals surface area contributed by atoms with E-state index in [0.29, 0.717) is 5.92 Å². The molecule has 0 amide bonds. The van der Waals surface area contributed by atoms with Gasteiger partial charge in [0.25, 0.3) is 0 Å². The summed E-state index contributed by atoms with van der Waals surface area (Å²) in [4.78, 5) is 2.38. The molecule has 0 fully saturated rings. The van der Waals surface area contributed by atoms with Gasteiger partial charge in [-0.2, -0.15) is 0 Å². The molecule has 0 heterocycles. The fraction of sp³-hybridized carbons (Fsp3) is 0.0714. The van der Waals surface area contributed by atoms with Crippen LogP contribution in [0.2, 0.25) is 0 Å². The topological polar surface area (TPSA) is 3.24 Å². The standard InChI is InChI=1S/C56H43N/c1-4-14-40(15-5-1)41-24-31-48(32-25-41)57(50-35-28-45(29-36-50)56-39-47-20-10-11-21-51(47)53-22-12-13-23-54(53)56)49-33-26-42(27-34-49)46-30-37-52(43-16-6-2-7-17-43)55(38-46)44-18-8-3-9-19-44/h1-2,4-8,10-39,54,56H,3,9H2. The van der Waals surface area contributed by atoms with Crippen LogP contribution in [0.3, 0.4) is 0 Å². The van der Waals surface area contributed by atoms with Gasteiger partial charge in [0, 0.05) is 28.9 Å². The Kier molecular flexibility index (Phi) is 9.26. The number of benzene rings is 7. The number of hydrogen-bond donors (Lipinski definition) is 0. The van der Waals surface area contributed by atoms with Gasteiger partial charge in [-0.3, -0.25) is 0 Å². The van der Waals surface area contributed by atoms with Crippen molar-refractivity contribution in [3.8, 4) is 33.4 Å². The molecule has 2 unspecified atom stereocenters. The monoisotopic (exact) mass is 729 g/mol. The lowest BCUT2D eigenvalue weighted by atomic mass is 9.75. The first-order valence-corrected chi connectivity index (χ1v) is 20.2. The van der Waals surface area contributed by atoms with Crippen LogP contribution in [-0.2, 0) is 0 Å². The van der Waals surface area contributed by atoms with Crippen LogP contribution >= 0.6 is 0 Å². The predicted octanol–water partition coefficient (Wildman–Crippen LogP) is 13.4. The third kappa shape index (κ3) is 6.83. The van der Waals surface area contributed by atoms with Gasteiger partial charge in [-0.05, 0) is 121 Å². The number of anilines is 3. The Labute approximate surface area is 335 Å². The summed E-state index contributed by atoms with van der Waals surface area (Å²) < 4.78 is 0. The van der Waals surface area contributed by atoms with Crippen LogP contribution in [0.15, 0.2) is 218 Å². The Bertz CT molecular complexity index is 2800. The first-order chi connectivity index (χ1) is 28.3. The van der Waals surface area contributed by atoms with E-state index in [1.807, 2.05) is 0 Å². The molecule has 7 aromatic rings. The molecule has 0 radical (unpaired) electrons. The van der Waals surface area contributed by atoms with Crippen molar-refractivity contribution in [1.82, 2.24) is 0 Å². The highest BCUT2D eigenvalue weighted by atomic mass is 15.1. The summed E-state index contributed by atoms with van der Waals surface area (Å²) in [6.45, 7) is 0.